The van der Waals surface area contributed by atoms with E-state index in [2.05, 4.69) is 11.0 Å². The second-order valence-corrected chi connectivity index (χ2v) is 7.92. The van der Waals surface area contributed by atoms with Crippen LogP contribution in [-0.2, 0) is 4.74 Å². The van der Waals surface area contributed by atoms with Gasteiger partial charge < -0.3 is 20.3 Å². The first-order chi connectivity index (χ1) is 10.8. The highest BCUT2D eigenvalue weighted by Crippen LogP contribution is 2.41. The van der Waals surface area contributed by atoms with Crippen LogP contribution in [0.3, 0.4) is 0 Å². The van der Waals surface area contributed by atoms with Gasteiger partial charge in [0.2, 0.25) is 0 Å². The van der Waals surface area contributed by atoms with Crippen molar-refractivity contribution in [3.8, 4) is 0 Å². The van der Waals surface area contributed by atoms with Crippen molar-refractivity contribution in [1.29, 1.82) is 0 Å². The maximum absolute atomic E-state index is 12.3. The summed E-state index contributed by atoms with van der Waals surface area (Å²) < 4.78 is 5.51. The van der Waals surface area contributed by atoms with E-state index in [1.807, 2.05) is 43.9 Å². The predicted octanol–water partition coefficient (Wildman–Crippen LogP) is 3.11. The molecule has 1 aromatic carbocycles. The van der Waals surface area contributed by atoms with Crippen molar-refractivity contribution in [2.24, 2.45) is 5.41 Å². The van der Waals surface area contributed by atoms with E-state index in [1.165, 1.54) is 5.69 Å². The minimum Gasteiger partial charge on any atom is -0.444 e. The van der Waals surface area contributed by atoms with Crippen LogP contribution in [-0.4, -0.2) is 42.8 Å². The molecule has 0 saturated carbocycles. The van der Waals surface area contributed by atoms with Crippen molar-refractivity contribution in [3.05, 3.63) is 24.3 Å². The van der Waals surface area contributed by atoms with Crippen molar-refractivity contribution in [3.63, 3.8) is 0 Å². The number of benzene rings is 1. The Hall–Kier alpha value is -1.91. The van der Waals surface area contributed by atoms with Gasteiger partial charge in [-0.3, -0.25) is 0 Å². The standard InChI is InChI=1S/C18H27N3O2/c1-17(2,3)23-16(22)21-10-8-18(13-21)7-9-20(12-18)15-6-4-5-14(19)11-15/h4-6,11H,7-10,12-13,19H2,1-3H3. The van der Waals surface area contributed by atoms with E-state index in [1.54, 1.807) is 0 Å². The molecule has 0 aliphatic carbocycles. The second-order valence-electron chi connectivity index (χ2n) is 7.92. The molecular formula is C18H27N3O2. The minimum absolute atomic E-state index is 0.184. The van der Waals surface area contributed by atoms with E-state index in [-0.39, 0.29) is 11.5 Å². The molecule has 5 heteroatoms. The van der Waals surface area contributed by atoms with Gasteiger partial charge in [0.05, 0.1) is 0 Å². The van der Waals surface area contributed by atoms with Gasteiger partial charge in [0.1, 0.15) is 5.60 Å². The van der Waals surface area contributed by atoms with Crippen molar-refractivity contribution >= 4 is 17.5 Å². The number of ether oxygens (including phenoxy) is 1. The molecule has 126 valence electrons. The Morgan fingerprint density at radius 1 is 1.22 bits per heavy atom. The van der Waals surface area contributed by atoms with Crippen LogP contribution in [0.15, 0.2) is 24.3 Å². The highest BCUT2D eigenvalue weighted by molar-refractivity contribution is 5.68. The summed E-state index contributed by atoms with van der Waals surface area (Å²) >= 11 is 0. The first-order valence-electron chi connectivity index (χ1n) is 8.35. The van der Waals surface area contributed by atoms with E-state index in [9.17, 15) is 4.79 Å². The molecule has 3 rings (SSSR count). The molecule has 2 saturated heterocycles. The molecule has 1 aromatic rings. The Bertz CT molecular complexity index is 596. The van der Waals surface area contributed by atoms with E-state index >= 15 is 0 Å². The van der Waals surface area contributed by atoms with Gasteiger partial charge in [-0.15, -0.1) is 0 Å². The molecule has 0 radical (unpaired) electrons. The summed E-state index contributed by atoms with van der Waals surface area (Å²) in [7, 11) is 0. The van der Waals surface area contributed by atoms with Crippen molar-refractivity contribution in [1.82, 2.24) is 4.90 Å². The lowest BCUT2D eigenvalue weighted by molar-refractivity contribution is 0.0276. The minimum atomic E-state index is -0.434. The molecule has 23 heavy (non-hydrogen) atoms. The fourth-order valence-electron chi connectivity index (χ4n) is 3.63. The lowest BCUT2D eigenvalue weighted by Crippen LogP contribution is -2.37. The fourth-order valence-corrected chi connectivity index (χ4v) is 3.63. The predicted molar refractivity (Wildman–Crippen MR) is 92.5 cm³/mol. The molecule has 2 N–H and O–H groups in total. The summed E-state index contributed by atoms with van der Waals surface area (Å²) in [6.45, 7) is 9.32. The van der Waals surface area contributed by atoms with Crippen LogP contribution in [0.4, 0.5) is 16.2 Å². The van der Waals surface area contributed by atoms with E-state index < -0.39 is 5.60 Å². The third kappa shape index (κ3) is 3.54. The van der Waals surface area contributed by atoms with Crippen LogP contribution in [0, 0.1) is 5.41 Å². The number of nitrogen functional groups attached to an aromatic ring is 1. The maximum Gasteiger partial charge on any atom is 0.410 e. The normalized spacial score (nSPS) is 24.5. The van der Waals surface area contributed by atoms with Crippen LogP contribution in [0.2, 0.25) is 0 Å². The van der Waals surface area contributed by atoms with E-state index in [0.717, 1.165) is 44.7 Å². The van der Waals surface area contributed by atoms with Gasteiger partial charge in [-0.1, -0.05) is 6.07 Å². The average molecular weight is 317 g/mol. The van der Waals surface area contributed by atoms with Crippen LogP contribution in [0.5, 0.6) is 0 Å². The number of anilines is 2. The van der Waals surface area contributed by atoms with Gasteiger partial charge in [0.15, 0.2) is 0 Å². The lowest BCUT2D eigenvalue weighted by atomic mass is 9.86. The highest BCUT2D eigenvalue weighted by Gasteiger charge is 2.45. The summed E-state index contributed by atoms with van der Waals surface area (Å²) in [4.78, 5) is 16.5. The topological polar surface area (TPSA) is 58.8 Å². The van der Waals surface area contributed by atoms with E-state index in [4.69, 9.17) is 10.5 Å². The molecular weight excluding hydrogens is 290 g/mol. The summed E-state index contributed by atoms with van der Waals surface area (Å²) in [5.74, 6) is 0. The monoisotopic (exact) mass is 317 g/mol. The van der Waals surface area contributed by atoms with Gasteiger partial charge in [0.25, 0.3) is 0 Å². The fraction of sp³-hybridized carbons (Fsp3) is 0.611. The van der Waals surface area contributed by atoms with Crippen molar-refractivity contribution in [2.75, 3.05) is 36.8 Å². The van der Waals surface area contributed by atoms with Crippen LogP contribution >= 0.6 is 0 Å². The zero-order valence-electron chi connectivity index (χ0n) is 14.3. The van der Waals surface area contributed by atoms with Gasteiger partial charge in [0, 0.05) is 43.0 Å². The zero-order chi connectivity index (χ0) is 16.7. The number of nitrogens with zero attached hydrogens (tertiary/aromatic N) is 2. The number of carbonyl (C=O) groups excluding carboxylic acids is 1. The third-order valence-corrected chi connectivity index (χ3v) is 4.76. The Labute approximate surface area is 138 Å². The number of likely N-dealkylation sites (tertiary alicyclic amines) is 1. The highest BCUT2D eigenvalue weighted by atomic mass is 16.6. The molecule has 1 unspecified atom stereocenters. The van der Waals surface area contributed by atoms with Crippen molar-refractivity contribution in [2.45, 2.75) is 39.2 Å². The smallest absolute Gasteiger partial charge is 0.410 e. The molecule has 5 nitrogen and oxygen atoms in total. The Kier molecular flexibility index (Phi) is 3.90. The average Bonchev–Trinajstić information content (AvgIpc) is 3.05. The molecule has 2 aliphatic rings. The number of amides is 1. The zero-order valence-corrected chi connectivity index (χ0v) is 14.3. The van der Waals surface area contributed by atoms with Gasteiger partial charge in [-0.2, -0.15) is 0 Å². The number of carbonyl (C=O) groups is 1. The first kappa shape index (κ1) is 16.0. The Morgan fingerprint density at radius 3 is 2.65 bits per heavy atom. The summed E-state index contributed by atoms with van der Waals surface area (Å²) in [5.41, 5.74) is 7.63. The molecule has 0 bridgehead atoms. The summed E-state index contributed by atoms with van der Waals surface area (Å²) in [6.07, 6.45) is 1.98. The Morgan fingerprint density at radius 2 is 1.96 bits per heavy atom. The molecule has 1 spiro atoms. The van der Waals surface area contributed by atoms with Crippen molar-refractivity contribution < 1.29 is 9.53 Å². The SMILES string of the molecule is CC(C)(C)OC(=O)N1CCC2(CCN(c3cccc(N)c3)C2)C1. The lowest BCUT2D eigenvalue weighted by Gasteiger charge is -2.27. The molecule has 2 heterocycles. The third-order valence-electron chi connectivity index (χ3n) is 4.76. The number of hydrogen-bond donors (Lipinski definition) is 1. The van der Waals surface area contributed by atoms with Gasteiger partial charge >= 0.3 is 6.09 Å². The van der Waals surface area contributed by atoms with Gasteiger partial charge in [-0.25, -0.2) is 4.79 Å². The largest absolute Gasteiger partial charge is 0.444 e. The van der Waals surface area contributed by atoms with Crippen LogP contribution < -0.4 is 10.6 Å². The first-order valence-corrected chi connectivity index (χ1v) is 8.35. The summed E-state index contributed by atoms with van der Waals surface area (Å²) in [5, 5.41) is 0. The number of hydrogen-bond acceptors (Lipinski definition) is 4. The maximum atomic E-state index is 12.3. The summed E-state index contributed by atoms with van der Waals surface area (Å²) in [6, 6.07) is 8.04. The van der Waals surface area contributed by atoms with E-state index in [0.29, 0.717) is 0 Å². The van der Waals surface area contributed by atoms with Gasteiger partial charge in [-0.05, 0) is 51.8 Å². The molecule has 1 atom stereocenters. The Balaban J connectivity index is 1.63. The quantitative estimate of drug-likeness (QED) is 0.809. The molecule has 1 amide bonds. The number of nitrogens with two attached hydrogens (primary N) is 1. The molecule has 2 aliphatic heterocycles. The second kappa shape index (κ2) is 5.62. The van der Waals surface area contributed by atoms with Crippen LogP contribution in [0.25, 0.3) is 0 Å². The molecule has 2 fully saturated rings. The number of rotatable bonds is 1. The molecule has 0 aromatic heterocycles. The van der Waals surface area contributed by atoms with Crippen LogP contribution in [0.1, 0.15) is 33.6 Å².